The van der Waals surface area contributed by atoms with Crippen molar-refractivity contribution in [3.8, 4) is 0 Å². The van der Waals surface area contributed by atoms with E-state index in [2.05, 4.69) is 16.7 Å². The van der Waals surface area contributed by atoms with E-state index in [1.54, 1.807) is 0 Å². The van der Waals surface area contributed by atoms with Gasteiger partial charge in [0.25, 0.3) is 0 Å². The fraction of sp³-hybridized carbons (Fsp3) is 1.00. The van der Waals surface area contributed by atoms with Crippen LogP contribution in [0.2, 0.25) is 0 Å². The lowest BCUT2D eigenvalue weighted by Gasteiger charge is -2.48. The van der Waals surface area contributed by atoms with Gasteiger partial charge in [-0.15, -0.1) is 0 Å². The number of ether oxygens (including phenoxy) is 2. The number of thioether (sulfide) groups is 1. The van der Waals surface area contributed by atoms with Gasteiger partial charge in [0.2, 0.25) is 0 Å². The SMILES string of the molecule is NCC1CN(C2CCOC3(CCSCC3)C2)CCO1. The van der Waals surface area contributed by atoms with Crippen molar-refractivity contribution < 1.29 is 9.47 Å². The lowest BCUT2D eigenvalue weighted by molar-refractivity contribution is -0.126. The summed E-state index contributed by atoms with van der Waals surface area (Å²) in [4.78, 5) is 2.60. The van der Waals surface area contributed by atoms with E-state index in [4.69, 9.17) is 15.2 Å². The molecule has 0 aromatic carbocycles. The molecule has 3 saturated heterocycles. The minimum absolute atomic E-state index is 0.185. The van der Waals surface area contributed by atoms with Crippen LogP contribution in [-0.2, 0) is 9.47 Å². The third kappa shape index (κ3) is 3.27. The van der Waals surface area contributed by atoms with Crippen LogP contribution in [0.1, 0.15) is 25.7 Å². The van der Waals surface area contributed by atoms with Crippen LogP contribution in [0, 0.1) is 0 Å². The van der Waals surface area contributed by atoms with Gasteiger partial charge in [-0.25, -0.2) is 0 Å². The summed E-state index contributed by atoms with van der Waals surface area (Å²) in [5, 5.41) is 0. The van der Waals surface area contributed by atoms with Gasteiger partial charge in [0, 0.05) is 32.3 Å². The topological polar surface area (TPSA) is 47.7 Å². The molecule has 110 valence electrons. The number of morpholine rings is 1. The number of nitrogens with two attached hydrogens (primary N) is 1. The second-order valence-corrected chi connectivity index (χ2v) is 7.24. The second-order valence-electron chi connectivity index (χ2n) is 6.01. The molecule has 0 bridgehead atoms. The lowest BCUT2D eigenvalue weighted by Crippen LogP contribution is -2.55. The maximum Gasteiger partial charge on any atom is 0.0824 e. The predicted octanol–water partition coefficient (Wildman–Crippen LogP) is 1.09. The molecule has 0 aromatic rings. The van der Waals surface area contributed by atoms with E-state index in [0.29, 0.717) is 12.6 Å². The van der Waals surface area contributed by atoms with E-state index in [9.17, 15) is 0 Å². The van der Waals surface area contributed by atoms with Crippen molar-refractivity contribution in [3.05, 3.63) is 0 Å². The van der Waals surface area contributed by atoms with Crippen LogP contribution in [0.25, 0.3) is 0 Å². The quantitative estimate of drug-likeness (QED) is 0.823. The minimum atomic E-state index is 0.185. The Balaban J connectivity index is 1.61. The average Bonchev–Trinajstić information content (AvgIpc) is 2.48. The molecule has 19 heavy (non-hydrogen) atoms. The van der Waals surface area contributed by atoms with Gasteiger partial charge in [0.15, 0.2) is 0 Å². The summed E-state index contributed by atoms with van der Waals surface area (Å²) in [5.41, 5.74) is 5.94. The highest BCUT2D eigenvalue weighted by Gasteiger charge is 2.41. The standard InChI is InChI=1S/C14H26N2O2S/c15-10-13-11-16(4-6-17-13)12-1-5-18-14(9-12)2-7-19-8-3-14/h12-13H,1-11,15H2. The number of rotatable bonds is 2. The monoisotopic (exact) mass is 286 g/mol. The zero-order valence-corrected chi connectivity index (χ0v) is 12.5. The van der Waals surface area contributed by atoms with Crippen molar-refractivity contribution >= 4 is 11.8 Å². The first-order chi connectivity index (χ1) is 9.31. The van der Waals surface area contributed by atoms with Crippen LogP contribution in [0.15, 0.2) is 0 Å². The fourth-order valence-electron chi connectivity index (χ4n) is 3.62. The molecule has 2 unspecified atom stereocenters. The normalized spacial score (nSPS) is 36.5. The van der Waals surface area contributed by atoms with Gasteiger partial charge >= 0.3 is 0 Å². The van der Waals surface area contributed by atoms with Gasteiger partial charge in [0.05, 0.1) is 18.3 Å². The highest BCUT2D eigenvalue weighted by atomic mass is 32.2. The molecule has 4 nitrogen and oxygen atoms in total. The Labute approximate surface area is 120 Å². The summed E-state index contributed by atoms with van der Waals surface area (Å²) < 4.78 is 11.9. The molecule has 0 aromatic heterocycles. The maximum atomic E-state index is 6.18. The Morgan fingerprint density at radius 1 is 1.26 bits per heavy atom. The Hall–Kier alpha value is 0.190. The van der Waals surface area contributed by atoms with E-state index >= 15 is 0 Å². The van der Waals surface area contributed by atoms with Crippen molar-refractivity contribution in [1.82, 2.24) is 4.90 Å². The molecule has 2 N–H and O–H groups in total. The zero-order valence-electron chi connectivity index (χ0n) is 11.7. The van der Waals surface area contributed by atoms with Crippen LogP contribution in [-0.4, -0.2) is 67.0 Å². The van der Waals surface area contributed by atoms with Crippen LogP contribution in [0.3, 0.4) is 0 Å². The molecule has 0 aliphatic carbocycles. The summed E-state index contributed by atoms with van der Waals surface area (Å²) >= 11 is 2.07. The molecular weight excluding hydrogens is 260 g/mol. The van der Waals surface area contributed by atoms with Crippen molar-refractivity contribution in [2.45, 2.75) is 43.4 Å². The van der Waals surface area contributed by atoms with Gasteiger partial charge < -0.3 is 15.2 Å². The molecule has 5 heteroatoms. The maximum absolute atomic E-state index is 6.18. The van der Waals surface area contributed by atoms with E-state index in [1.807, 2.05) is 0 Å². The van der Waals surface area contributed by atoms with Crippen LogP contribution in [0.5, 0.6) is 0 Å². The first-order valence-corrected chi connectivity index (χ1v) is 8.74. The third-order valence-corrected chi connectivity index (χ3v) is 5.81. The van der Waals surface area contributed by atoms with Gasteiger partial charge in [-0.05, 0) is 37.2 Å². The van der Waals surface area contributed by atoms with E-state index < -0.39 is 0 Å². The van der Waals surface area contributed by atoms with Crippen LogP contribution in [0.4, 0.5) is 0 Å². The van der Waals surface area contributed by atoms with Crippen molar-refractivity contribution in [2.24, 2.45) is 5.73 Å². The summed E-state index contributed by atoms with van der Waals surface area (Å²) in [6.07, 6.45) is 5.09. The number of hydrogen-bond acceptors (Lipinski definition) is 5. The number of hydrogen-bond donors (Lipinski definition) is 1. The first-order valence-electron chi connectivity index (χ1n) is 7.59. The fourth-order valence-corrected chi connectivity index (χ4v) is 4.86. The van der Waals surface area contributed by atoms with E-state index in [-0.39, 0.29) is 11.7 Å². The molecule has 0 radical (unpaired) electrons. The molecular formula is C14H26N2O2S. The molecule has 1 spiro atoms. The summed E-state index contributed by atoms with van der Waals surface area (Å²) in [7, 11) is 0. The molecule has 3 heterocycles. The molecule has 3 fully saturated rings. The molecule has 3 aliphatic rings. The van der Waals surface area contributed by atoms with Crippen molar-refractivity contribution in [1.29, 1.82) is 0 Å². The average molecular weight is 286 g/mol. The summed E-state index contributed by atoms with van der Waals surface area (Å²) in [5.74, 6) is 2.53. The van der Waals surface area contributed by atoms with Crippen LogP contribution < -0.4 is 5.73 Å². The molecule has 0 saturated carbocycles. The Kier molecular flexibility index (Phi) is 4.70. The smallest absolute Gasteiger partial charge is 0.0824 e. The third-order valence-electron chi connectivity index (χ3n) is 4.82. The predicted molar refractivity (Wildman–Crippen MR) is 78.6 cm³/mol. The Morgan fingerprint density at radius 2 is 2.11 bits per heavy atom. The molecule has 3 aliphatic heterocycles. The largest absolute Gasteiger partial charge is 0.375 e. The van der Waals surface area contributed by atoms with Gasteiger partial charge in [-0.2, -0.15) is 11.8 Å². The highest BCUT2D eigenvalue weighted by molar-refractivity contribution is 7.99. The molecule has 2 atom stereocenters. The summed E-state index contributed by atoms with van der Waals surface area (Å²) in [6, 6.07) is 0.676. The van der Waals surface area contributed by atoms with Crippen molar-refractivity contribution in [2.75, 3.05) is 44.4 Å². The molecule has 0 amide bonds. The first kappa shape index (κ1) is 14.1. The van der Waals surface area contributed by atoms with Gasteiger partial charge in [-0.1, -0.05) is 0 Å². The highest BCUT2D eigenvalue weighted by Crippen LogP contribution is 2.39. The van der Waals surface area contributed by atoms with E-state index in [1.165, 1.54) is 37.2 Å². The van der Waals surface area contributed by atoms with Gasteiger partial charge in [0.1, 0.15) is 0 Å². The zero-order chi connectivity index (χ0) is 13.1. The van der Waals surface area contributed by atoms with E-state index in [0.717, 1.165) is 26.3 Å². The Bertz CT molecular complexity index is 292. The van der Waals surface area contributed by atoms with Crippen molar-refractivity contribution in [3.63, 3.8) is 0 Å². The molecule has 3 rings (SSSR count). The van der Waals surface area contributed by atoms with Crippen LogP contribution >= 0.6 is 11.8 Å². The summed E-state index contributed by atoms with van der Waals surface area (Å²) in [6.45, 7) is 4.47. The number of nitrogens with zero attached hydrogens (tertiary/aromatic N) is 1. The van der Waals surface area contributed by atoms with Gasteiger partial charge in [-0.3, -0.25) is 4.90 Å². The second kappa shape index (κ2) is 6.31. The lowest BCUT2D eigenvalue weighted by atomic mass is 9.84. The minimum Gasteiger partial charge on any atom is -0.375 e. The Morgan fingerprint density at radius 3 is 2.89 bits per heavy atom.